The predicted molar refractivity (Wildman–Crippen MR) is 88.0 cm³/mol. The standard InChI is InChI=1S/C16H19Cl2N3/c1-3-11(19)8-12-7-10(2)20-16(21-12)9-13-14(17)5-4-6-15(13)18/h4-7,11H,3,8-9,19H2,1-2H3. The van der Waals surface area contributed by atoms with Gasteiger partial charge in [0.2, 0.25) is 0 Å². The molecule has 0 fully saturated rings. The van der Waals surface area contributed by atoms with Gasteiger partial charge in [-0.15, -0.1) is 0 Å². The molecule has 1 heterocycles. The Morgan fingerprint density at radius 1 is 1.19 bits per heavy atom. The highest BCUT2D eigenvalue weighted by Gasteiger charge is 2.11. The molecule has 0 aliphatic carbocycles. The van der Waals surface area contributed by atoms with E-state index in [-0.39, 0.29) is 6.04 Å². The minimum atomic E-state index is 0.121. The maximum absolute atomic E-state index is 6.21. The van der Waals surface area contributed by atoms with Crippen LogP contribution in [0.2, 0.25) is 10.0 Å². The van der Waals surface area contributed by atoms with Gasteiger partial charge >= 0.3 is 0 Å². The first-order valence-electron chi connectivity index (χ1n) is 7.01. The first-order valence-corrected chi connectivity index (χ1v) is 7.77. The van der Waals surface area contributed by atoms with Crippen molar-refractivity contribution in [3.05, 3.63) is 57.1 Å². The van der Waals surface area contributed by atoms with Crippen LogP contribution in [-0.2, 0) is 12.8 Å². The third kappa shape index (κ3) is 4.40. The van der Waals surface area contributed by atoms with Gasteiger partial charge < -0.3 is 5.73 Å². The molecule has 21 heavy (non-hydrogen) atoms. The SMILES string of the molecule is CCC(N)Cc1cc(C)nc(Cc2c(Cl)cccc2Cl)n1. The first kappa shape index (κ1) is 16.2. The average Bonchev–Trinajstić information content (AvgIpc) is 2.42. The lowest BCUT2D eigenvalue weighted by Gasteiger charge is -2.11. The summed E-state index contributed by atoms with van der Waals surface area (Å²) in [5.41, 5.74) is 8.76. The number of halogens is 2. The van der Waals surface area contributed by atoms with Crippen molar-refractivity contribution in [2.24, 2.45) is 5.73 Å². The second kappa shape index (κ2) is 7.21. The van der Waals surface area contributed by atoms with Crippen LogP contribution in [0, 0.1) is 6.92 Å². The molecule has 0 saturated heterocycles. The summed E-state index contributed by atoms with van der Waals surface area (Å²) in [7, 11) is 0. The van der Waals surface area contributed by atoms with E-state index in [1.807, 2.05) is 31.2 Å². The zero-order chi connectivity index (χ0) is 15.4. The molecule has 0 spiro atoms. The van der Waals surface area contributed by atoms with Crippen LogP contribution in [0.25, 0.3) is 0 Å². The first-order chi connectivity index (χ1) is 9.99. The van der Waals surface area contributed by atoms with Crippen molar-refractivity contribution in [2.75, 3.05) is 0 Å². The van der Waals surface area contributed by atoms with Gasteiger partial charge in [0.05, 0.1) is 0 Å². The molecule has 2 aromatic rings. The van der Waals surface area contributed by atoms with Gasteiger partial charge in [-0.05, 0) is 37.1 Å². The molecule has 1 unspecified atom stereocenters. The molecule has 2 N–H and O–H groups in total. The number of hydrogen-bond acceptors (Lipinski definition) is 3. The highest BCUT2D eigenvalue weighted by molar-refractivity contribution is 6.36. The van der Waals surface area contributed by atoms with Gasteiger partial charge in [0, 0.05) is 40.3 Å². The number of aryl methyl sites for hydroxylation is 1. The van der Waals surface area contributed by atoms with Gasteiger partial charge in [-0.25, -0.2) is 9.97 Å². The molecule has 0 aliphatic heterocycles. The van der Waals surface area contributed by atoms with E-state index in [2.05, 4.69) is 16.9 Å². The highest BCUT2D eigenvalue weighted by Crippen LogP contribution is 2.26. The van der Waals surface area contributed by atoms with E-state index in [0.29, 0.717) is 16.5 Å². The zero-order valence-corrected chi connectivity index (χ0v) is 13.7. The number of rotatable bonds is 5. The van der Waals surface area contributed by atoms with Crippen molar-refractivity contribution in [1.29, 1.82) is 0 Å². The number of benzene rings is 1. The van der Waals surface area contributed by atoms with E-state index in [1.165, 1.54) is 0 Å². The Morgan fingerprint density at radius 2 is 1.86 bits per heavy atom. The fraction of sp³-hybridized carbons (Fsp3) is 0.375. The number of nitrogens with two attached hydrogens (primary N) is 1. The summed E-state index contributed by atoms with van der Waals surface area (Å²) >= 11 is 12.4. The van der Waals surface area contributed by atoms with Crippen LogP contribution >= 0.6 is 23.2 Å². The van der Waals surface area contributed by atoms with E-state index in [4.69, 9.17) is 28.9 Å². The zero-order valence-electron chi connectivity index (χ0n) is 12.2. The summed E-state index contributed by atoms with van der Waals surface area (Å²) in [5, 5.41) is 1.28. The Bertz CT molecular complexity index is 609. The highest BCUT2D eigenvalue weighted by atomic mass is 35.5. The minimum Gasteiger partial charge on any atom is -0.327 e. The third-order valence-electron chi connectivity index (χ3n) is 3.35. The molecule has 3 nitrogen and oxygen atoms in total. The molecule has 0 radical (unpaired) electrons. The van der Waals surface area contributed by atoms with Crippen molar-refractivity contribution < 1.29 is 0 Å². The maximum atomic E-state index is 6.21. The molecule has 0 amide bonds. The van der Waals surface area contributed by atoms with Crippen LogP contribution in [0.4, 0.5) is 0 Å². The summed E-state index contributed by atoms with van der Waals surface area (Å²) in [6.45, 7) is 4.03. The van der Waals surface area contributed by atoms with Gasteiger partial charge in [0.15, 0.2) is 0 Å². The normalized spacial score (nSPS) is 12.4. The number of aromatic nitrogens is 2. The Balaban J connectivity index is 2.28. The van der Waals surface area contributed by atoms with E-state index >= 15 is 0 Å². The van der Waals surface area contributed by atoms with Crippen molar-refractivity contribution in [1.82, 2.24) is 9.97 Å². The molecular formula is C16H19Cl2N3. The molecule has 0 bridgehead atoms. The summed E-state index contributed by atoms with van der Waals surface area (Å²) in [6, 6.07) is 7.58. The lowest BCUT2D eigenvalue weighted by molar-refractivity contribution is 0.632. The molecule has 0 aliphatic rings. The Kier molecular flexibility index (Phi) is 5.57. The van der Waals surface area contributed by atoms with E-state index in [1.54, 1.807) is 0 Å². The van der Waals surface area contributed by atoms with Gasteiger partial charge in [-0.3, -0.25) is 0 Å². The molecule has 1 aromatic heterocycles. The van der Waals surface area contributed by atoms with Gasteiger partial charge in [-0.1, -0.05) is 36.2 Å². The second-order valence-electron chi connectivity index (χ2n) is 5.17. The van der Waals surface area contributed by atoms with Crippen LogP contribution in [0.3, 0.4) is 0 Å². The summed E-state index contributed by atoms with van der Waals surface area (Å²) in [4.78, 5) is 9.07. The summed E-state index contributed by atoms with van der Waals surface area (Å²) in [5.74, 6) is 0.725. The van der Waals surface area contributed by atoms with Crippen LogP contribution in [-0.4, -0.2) is 16.0 Å². The molecule has 1 aromatic carbocycles. The quantitative estimate of drug-likeness (QED) is 0.905. The molecule has 1 atom stereocenters. The van der Waals surface area contributed by atoms with Crippen molar-refractivity contribution in [3.63, 3.8) is 0 Å². The molecule has 0 saturated carbocycles. The van der Waals surface area contributed by atoms with Crippen molar-refractivity contribution >= 4 is 23.2 Å². The predicted octanol–water partition coefficient (Wildman–Crippen LogP) is 3.96. The smallest absolute Gasteiger partial charge is 0.133 e. The fourth-order valence-electron chi connectivity index (χ4n) is 2.16. The molecule has 112 valence electrons. The molecule has 5 heteroatoms. The lowest BCUT2D eigenvalue weighted by atomic mass is 10.1. The molecular weight excluding hydrogens is 305 g/mol. The van der Waals surface area contributed by atoms with Gasteiger partial charge in [0.1, 0.15) is 5.82 Å². The van der Waals surface area contributed by atoms with E-state index < -0.39 is 0 Å². The van der Waals surface area contributed by atoms with Crippen LogP contribution in [0.5, 0.6) is 0 Å². The summed E-state index contributed by atoms with van der Waals surface area (Å²) < 4.78 is 0. The Morgan fingerprint density at radius 3 is 2.48 bits per heavy atom. The second-order valence-corrected chi connectivity index (χ2v) is 5.98. The van der Waals surface area contributed by atoms with E-state index in [0.717, 1.165) is 35.6 Å². The minimum absolute atomic E-state index is 0.121. The van der Waals surface area contributed by atoms with Crippen molar-refractivity contribution in [3.8, 4) is 0 Å². The van der Waals surface area contributed by atoms with Crippen LogP contribution in [0.1, 0.15) is 36.1 Å². The Labute approximate surface area is 135 Å². The summed E-state index contributed by atoms with van der Waals surface area (Å²) in [6.07, 6.45) is 2.20. The molecule has 2 rings (SSSR count). The average molecular weight is 324 g/mol. The maximum Gasteiger partial charge on any atom is 0.133 e. The van der Waals surface area contributed by atoms with Gasteiger partial charge in [0.25, 0.3) is 0 Å². The monoisotopic (exact) mass is 323 g/mol. The largest absolute Gasteiger partial charge is 0.327 e. The number of hydrogen-bond donors (Lipinski definition) is 1. The van der Waals surface area contributed by atoms with Gasteiger partial charge in [-0.2, -0.15) is 0 Å². The van der Waals surface area contributed by atoms with E-state index in [9.17, 15) is 0 Å². The van der Waals surface area contributed by atoms with Crippen LogP contribution < -0.4 is 5.73 Å². The topological polar surface area (TPSA) is 51.8 Å². The van der Waals surface area contributed by atoms with Crippen LogP contribution in [0.15, 0.2) is 24.3 Å². The third-order valence-corrected chi connectivity index (χ3v) is 4.05. The fourth-order valence-corrected chi connectivity index (χ4v) is 2.69. The number of nitrogens with zero attached hydrogens (tertiary/aromatic N) is 2. The van der Waals surface area contributed by atoms with Crippen molar-refractivity contribution in [2.45, 2.75) is 39.2 Å². The Hall–Kier alpha value is -1.16. The lowest BCUT2D eigenvalue weighted by Crippen LogP contribution is -2.22.